The van der Waals surface area contributed by atoms with Crippen molar-refractivity contribution in [2.75, 3.05) is 13.2 Å². The van der Waals surface area contributed by atoms with Crippen LogP contribution in [0.25, 0.3) is 0 Å². The molecule has 1 aliphatic rings. The van der Waals surface area contributed by atoms with Gasteiger partial charge in [0, 0.05) is 0 Å². The molecular formula is C10H17NO3. The van der Waals surface area contributed by atoms with Crippen LogP contribution in [-0.4, -0.2) is 29.9 Å². The maximum atomic E-state index is 11.5. The van der Waals surface area contributed by atoms with Gasteiger partial charge in [0.05, 0.1) is 13.2 Å². The van der Waals surface area contributed by atoms with Gasteiger partial charge in [-0.1, -0.05) is 11.6 Å². The molecule has 80 valence electrons. The summed E-state index contributed by atoms with van der Waals surface area (Å²) in [6, 6.07) is 0. The molecule has 4 nitrogen and oxygen atoms in total. The average molecular weight is 199 g/mol. The number of carbonyl (C=O) groups excluding carboxylic acids is 1. The van der Waals surface area contributed by atoms with Gasteiger partial charge in [0.25, 0.3) is 0 Å². The molecule has 0 fully saturated rings. The predicted octanol–water partition coefficient (Wildman–Crippen LogP) is 2.12. The van der Waals surface area contributed by atoms with Crippen molar-refractivity contribution in [1.29, 1.82) is 0 Å². The fourth-order valence-electron chi connectivity index (χ4n) is 1.04. The molecule has 0 N–H and O–H groups in total. The molecule has 0 aromatic rings. The van der Waals surface area contributed by atoms with Crippen LogP contribution in [0.2, 0.25) is 0 Å². The lowest BCUT2D eigenvalue weighted by Gasteiger charge is -2.28. The zero-order valence-electron chi connectivity index (χ0n) is 9.16. The van der Waals surface area contributed by atoms with Gasteiger partial charge in [0.1, 0.15) is 5.60 Å². The largest absolute Gasteiger partial charge is 0.442 e. The molecule has 0 radical (unpaired) electrons. The van der Waals surface area contributed by atoms with Crippen LogP contribution in [-0.2, 0) is 9.57 Å². The van der Waals surface area contributed by atoms with Crippen LogP contribution in [0, 0.1) is 0 Å². The van der Waals surface area contributed by atoms with Gasteiger partial charge in [-0.05, 0) is 27.7 Å². The Kier molecular flexibility index (Phi) is 3.16. The Morgan fingerprint density at radius 1 is 1.57 bits per heavy atom. The van der Waals surface area contributed by atoms with E-state index in [1.54, 1.807) is 0 Å². The van der Waals surface area contributed by atoms with E-state index in [-0.39, 0.29) is 0 Å². The molecule has 0 aromatic carbocycles. The summed E-state index contributed by atoms with van der Waals surface area (Å²) in [6.07, 6.45) is 1.52. The van der Waals surface area contributed by atoms with Crippen LogP contribution in [0.4, 0.5) is 4.79 Å². The van der Waals surface area contributed by atoms with Gasteiger partial charge in [0.15, 0.2) is 0 Å². The second kappa shape index (κ2) is 4.00. The van der Waals surface area contributed by atoms with Crippen molar-refractivity contribution in [3.63, 3.8) is 0 Å². The Labute approximate surface area is 84.4 Å². The number of ether oxygens (including phenoxy) is 1. The Morgan fingerprint density at radius 2 is 2.21 bits per heavy atom. The summed E-state index contributed by atoms with van der Waals surface area (Å²) in [5, 5.41) is 1.25. The standard InChI is InChI=1S/C10H17NO3/c1-8-5-6-13-11(7-8)9(12)14-10(2,3)4/h5H,6-7H2,1-4H3. The van der Waals surface area contributed by atoms with E-state index in [9.17, 15) is 4.79 Å². The van der Waals surface area contributed by atoms with E-state index in [0.29, 0.717) is 13.2 Å². The number of rotatable bonds is 0. The zero-order chi connectivity index (χ0) is 10.8. The summed E-state index contributed by atoms with van der Waals surface area (Å²) in [5.74, 6) is 0. The summed E-state index contributed by atoms with van der Waals surface area (Å²) >= 11 is 0. The minimum atomic E-state index is -0.477. The number of nitrogens with zero attached hydrogens (tertiary/aromatic N) is 1. The third kappa shape index (κ3) is 3.38. The van der Waals surface area contributed by atoms with Crippen LogP contribution in [0.1, 0.15) is 27.7 Å². The SMILES string of the molecule is CC1=CCON(C(=O)OC(C)(C)C)C1. The molecule has 0 aromatic heterocycles. The van der Waals surface area contributed by atoms with Crippen molar-refractivity contribution in [3.05, 3.63) is 11.6 Å². The monoisotopic (exact) mass is 199 g/mol. The van der Waals surface area contributed by atoms with Crippen molar-refractivity contribution >= 4 is 6.09 Å². The number of hydrogen-bond donors (Lipinski definition) is 0. The Morgan fingerprint density at radius 3 is 2.71 bits per heavy atom. The molecule has 0 saturated carbocycles. The Hall–Kier alpha value is -1.03. The predicted molar refractivity (Wildman–Crippen MR) is 52.6 cm³/mol. The van der Waals surface area contributed by atoms with Crippen molar-refractivity contribution in [3.8, 4) is 0 Å². The maximum absolute atomic E-state index is 11.5. The molecule has 1 aliphatic heterocycles. The molecular weight excluding hydrogens is 182 g/mol. The van der Waals surface area contributed by atoms with E-state index in [2.05, 4.69) is 0 Å². The summed E-state index contributed by atoms with van der Waals surface area (Å²) in [7, 11) is 0. The van der Waals surface area contributed by atoms with Crippen LogP contribution in [0.5, 0.6) is 0 Å². The van der Waals surface area contributed by atoms with Gasteiger partial charge in [0.2, 0.25) is 0 Å². The summed E-state index contributed by atoms with van der Waals surface area (Å²) in [4.78, 5) is 16.6. The van der Waals surface area contributed by atoms with Gasteiger partial charge in [-0.2, -0.15) is 5.06 Å². The molecule has 14 heavy (non-hydrogen) atoms. The zero-order valence-corrected chi connectivity index (χ0v) is 9.16. The van der Waals surface area contributed by atoms with Crippen molar-refractivity contribution in [2.24, 2.45) is 0 Å². The first-order valence-electron chi connectivity index (χ1n) is 4.67. The second-order valence-electron chi connectivity index (χ2n) is 4.36. The van der Waals surface area contributed by atoms with Gasteiger partial charge >= 0.3 is 6.09 Å². The highest BCUT2D eigenvalue weighted by Gasteiger charge is 2.24. The first-order valence-corrected chi connectivity index (χ1v) is 4.67. The number of carbonyl (C=O) groups is 1. The summed E-state index contributed by atoms with van der Waals surface area (Å²) < 4.78 is 5.16. The Bertz CT molecular complexity index is 253. The molecule has 0 bridgehead atoms. The van der Waals surface area contributed by atoms with Gasteiger partial charge in [-0.25, -0.2) is 4.79 Å². The van der Waals surface area contributed by atoms with Gasteiger partial charge in [-0.15, -0.1) is 0 Å². The molecule has 0 spiro atoms. The highest BCUT2D eigenvalue weighted by atomic mass is 16.7. The smallest absolute Gasteiger partial charge is 0.434 e. The maximum Gasteiger partial charge on any atom is 0.434 e. The van der Waals surface area contributed by atoms with Crippen molar-refractivity contribution in [2.45, 2.75) is 33.3 Å². The van der Waals surface area contributed by atoms with Gasteiger partial charge < -0.3 is 4.74 Å². The number of amides is 1. The van der Waals surface area contributed by atoms with Crippen LogP contribution in [0.15, 0.2) is 11.6 Å². The quantitative estimate of drug-likeness (QED) is 0.561. The Balaban J connectivity index is 2.50. The third-order valence-electron chi connectivity index (χ3n) is 1.65. The number of hydroxylamine groups is 2. The van der Waals surface area contributed by atoms with Crippen molar-refractivity contribution in [1.82, 2.24) is 5.06 Å². The molecule has 1 amide bonds. The molecule has 0 unspecified atom stereocenters. The topological polar surface area (TPSA) is 38.8 Å². The lowest BCUT2D eigenvalue weighted by molar-refractivity contribution is -0.138. The van der Waals surface area contributed by atoms with E-state index in [1.807, 2.05) is 33.8 Å². The fourth-order valence-corrected chi connectivity index (χ4v) is 1.04. The molecule has 1 rings (SSSR count). The van der Waals surface area contributed by atoms with E-state index >= 15 is 0 Å². The first kappa shape index (κ1) is 11.0. The fraction of sp³-hybridized carbons (Fsp3) is 0.700. The van der Waals surface area contributed by atoms with E-state index in [0.717, 1.165) is 5.57 Å². The first-order chi connectivity index (χ1) is 6.38. The third-order valence-corrected chi connectivity index (χ3v) is 1.65. The van der Waals surface area contributed by atoms with E-state index < -0.39 is 11.7 Å². The lowest BCUT2D eigenvalue weighted by Crippen LogP contribution is -2.39. The lowest BCUT2D eigenvalue weighted by atomic mass is 10.2. The molecule has 4 heteroatoms. The normalized spacial score (nSPS) is 17.7. The summed E-state index contributed by atoms with van der Waals surface area (Å²) in [5.41, 5.74) is 0.636. The van der Waals surface area contributed by atoms with E-state index in [4.69, 9.17) is 9.57 Å². The second-order valence-corrected chi connectivity index (χ2v) is 4.36. The van der Waals surface area contributed by atoms with E-state index in [1.165, 1.54) is 5.06 Å². The molecule has 0 saturated heterocycles. The van der Waals surface area contributed by atoms with Crippen LogP contribution >= 0.6 is 0 Å². The van der Waals surface area contributed by atoms with Crippen LogP contribution in [0.3, 0.4) is 0 Å². The number of hydrogen-bond acceptors (Lipinski definition) is 3. The molecule has 1 heterocycles. The minimum absolute atomic E-state index is 0.426. The highest BCUT2D eigenvalue weighted by Crippen LogP contribution is 2.13. The van der Waals surface area contributed by atoms with Crippen molar-refractivity contribution < 1.29 is 14.4 Å². The highest BCUT2D eigenvalue weighted by molar-refractivity contribution is 5.67. The molecule has 0 aliphatic carbocycles. The summed E-state index contributed by atoms with van der Waals surface area (Å²) in [6.45, 7) is 8.37. The minimum Gasteiger partial charge on any atom is -0.442 e. The molecule has 0 atom stereocenters. The average Bonchev–Trinajstić information content (AvgIpc) is 2.01. The van der Waals surface area contributed by atoms with Crippen LogP contribution < -0.4 is 0 Å². The van der Waals surface area contributed by atoms with Gasteiger partial charge in [-0.3, -0.25) is 4.84 Å².